The third-order valence-corrected chi connectivity index (χ3v) is 9.10. The van der Waals surface area contributed by atoms with E-state index in [1.807, 2.05) is 43.1 Å². The quantitative estimate of drug-likeness (QED) is 0.587. The number of rotatable bonds is 4. The minimum atomic E-state index is -3.50. The summed E-state index contributed by atoms with van der Waals surface area (Å²) in [6, 6.07) is 9.60. The molecule has 3 aromatic rings. The van der Waals surface area contributed by atoms with E-state index in [1.165, 1.54) is 0 Å². The fourth-order valence-corrected chi connectivity index (χ4v) is 6.84. The van der Waals surface area contributed by atoms with Crippen molar-refractivity contribution >= 4 is 21.4 Å². The van der Waals surface area contributed by atoms with Gasteiger partial charge in [-0.25, -0.2) is 12.9 Å². The summed E-state index contributed by atoms with van der Waals surface area (Å²) in [6.07, 6.45) is 7.19. The fraction of sp³-hybridized carbons (Fsp3) is 0.440. The van der Waals surface area contributed by atoms with Gasteiger partial charge in [0, 0.05) is 32.4 Å². The monoisotopic (exact) mass is 466 g/mol. The number of fused-ring (bicyclic) bond motifs is 1. The SMILES string of the molecule is Cc1ccc(S(=O)(=O)N2CCC(c3ccn4ncc(C(=O)N5CCCC5)c4c3)CC2)c(C)c1. The molecular weight excluding hydrogens is 436 g/mol. The summed E-state index contributed by atoms with van der Waals surface area (Å²) in [5.74, 6) is 0.305. The Morgan fingerprint density at radius 2 is 1.73 bits per heavy atom. The molecule has 2 aliphatic rings. The molecular formula is C25H30N4O3S. The van der Waals surface area contributed by atoms with Crippen molar-refractivity contribution in [1.82, 2.24) is 18.8 Å². The van der Waals surface area contributed by atoms with Crippen LogP contribution in [0, 0.1) is 13.8 Å². The fourth-order valence-electron chi connectivity index (χ4n) is 5.16. The second-order valence-electron chi connectivity index (χ2n) is 9.29. The van der Waals surface area contributed by atoms with Crippen LogP contribution in [0.1, 0.15) is 58.6 Å². The second-order valence-corrected chi connectivity index (χ2v) is 11.2. The number of sulfonamides is 1. The van der Waals surface area contributed by atoms with Crippen molar-refractivity contribution in [3.8, 4) is 0 Å². The first-order valence-electron chi connectivity index (χ1n) is 11.7. The minimum absolute atomic E-state index is 0.0500. The number of hydrogen-bond donors (Lipinski definition) is 0. The Morgan fingerprint density at radius 1 is 1.00 bits per heavy atom. The number of benzene rings is 1. The molecule has 0 saturated carbocycles. The predicted molar refractivity (Wildman–Crippen MR) is 127 cm³/mol. The maximum Gasteiger partial charge on any atom is 0.257 e. The van der Waals surface area contributed by atoms with Gasteiger partial charge in [0.1, 0.15) is 0 Å². The van der Waals surface area contributed by atoms with E-state index in [2.05, 4.69) is 11.2 Å². The van der Waals surface area contributed by atoms with Gasteiger partial charge in [0.05, 0.1) is 22.2 Å². The Hall–Kier alpha value is -2.71. The molecule has 2 saturated heterocycles. The molecule has 0 unspecified atom stereocenters. The summed E-state index contributed by atoms with van der Waals surface area (Å²) < 4.78 is 29.8. The molecule has 0 radical (unpaired) electrons. The van der Waals surface area contributed by atoms with Gasteiger partial charge in [0.15, 0.2) is 0 Å². The average molecular weight is 467 g/mol. The number of aryl methyl sites for hydroxylation is 2. The van der Waals surface area contributed by atoms with E-state index < -0.39 is 10.0 Å². The van der Waals surface area contributed by atoms with Gasteiger partial charge in [-0.05, 0) is 74.8 Å². The number of carbonyl (C=O) groups excluding carboxylic acids is 1. The Morgan fingerprint density at radius 3 is 2.42 bits per heavy atom. The van der Waals surface area contributed by atoms with Gasteiger partial charge in [-0.3, -0.25) is 4.79 Å². The van der Waals surface area contributed by atoms with E-state index in [4.69, 9.17) is 0 Å². The highest BCUT2D eigenvalue weighted by Gasteiger charge is 2.31. The molecule has 2 aromatic heterocycles. The molecule has 0 bridgehead atoms. The number of likely N-dealkylation sites (tertiary alicyclic amines) is 1. The molecule has 1 aromatic carbocycles. The van der Waals surface area contributed by atoms with E-state index in [0.717, 1.165) is 61.0 Å². The molecule has 1 amide bonds. The molecule has 0 N–H and O–H groups in total. The van der Waals surface area contributed by atoms with E-state index in [9.17, 15) is 13.2 Å². The molecule has 0 atom stereocenters. The van der Waals surface area contributed by atoms with Crippen LogP contribution in [-0.4, -0.2) is 59.3 Å². The lowest BCUT2D eigenvalue weighted by molar-refractivity contribution is 0.0794. The van der Waals surface area contributed by atoms with Gasteiger partial charge in [-0.1, -0.05) is 17.7 Å². The van der Waals surface area contributed by atoms with Gasteiger partial charge in [0.25, 0.3) is 5.91 Å². The molecule has 8 heteroatoms. The highest BCUT2D eigenvalue weighted by Crippen LogP contribution is 2.32. The summed E-state index contributed by atoms with van der Waals surface area (Å²) in [6.45, 7) is 6.42. The van der Waals surface area contributed by atoms with Crippen LogP contribution in [0.3, 0.4) is 0 Å². The molecule has 0 aliphatic carbocycles. The number of amides is 1. The lowest BCUT2D eigenvalue weighted by Crippen LogP contribution is -2.38. The van der Waals surface area contributed by atoms with Crippen LogP contribution in [0.2, 0.25) is 0 Å². The third kappa shape index (κ3) is 4.06. The smallest absolute Gasteiger partial charge is 0.257 e. The molecule has 174 valence electrons. The predicted octanol–water partition coefficient (Wildman–Crippen LogP) is 3.76. The average Bonchev–Trinajstić information content (AvgIpc) is 3.48. The molecule has 2 fully saturated rings. The Balaban J connectivity index is 1.34. The summed E-state index contributed by atoms with van der Waals surface area (Å²) in [5.41, 5.74) is 4.46. The van der Waals surface area contributed by atoms with Gasteiger partial charge in [0.2, 0.25) is 10.0 Å². The van der Waals surface area contributed by atoms with Gasteiger partial charge in [-0.15, -0.1) is 0 Å². The topological polar surface area (TPSA) is 75.0 Å². The standard InChI is InChI=1S/C25H30N4O3S/c1-18-5-6-24(19(2)15-18)33(31,32)28-12-7-20(8-13-28)21-9-14-29-23(16-21)22(17-26-29)25(30)27-10-3-4-11-27/h5-6,9,14-17,20H,3-4,7-8,10-13H2,1-2H3. The van der Waals surface area contributed by atoms with E-state index in [-0.39, 0.29) is 11.8 Å². The van der Waals surface area contributed by atoms with Crippen molar-refractivity contribution in [3.63, 3.8) is 0 Å². The number of aromatic nitrogens is 2. The maximum atomic E-state index is 13.2. The van der Waals surface area contributed by atoms with Crippen molar-refractivity contribution in [2.24, 2.45) is 0 Å². The first kappa shape index (κ1) is 22.1. The van der Waals surface area contributed by atoms with Crippen LogP contribution in [0.25, 0.3) is 5.52 Å². The van der Waals surface area contributed by atoms with Crippen LogP contribution in [0.4, 0.5) is 0 Å². The highest BCUT2D eigenvalue weighted by molar-refractivity contribution is 7.89. The van der Waals surface area contributed by atoms with Crippen LogP contribution in [0.15, 0.2) is 47.6 Å². The molecule has 2 aliphatic heterocycles. The Kier molecular flexibility index (Phi) is 5.74. The summed E-state index contributed by atoms with van der Waals surface area (Å²) in [7, 11) is -3.50. The van der Waals surface area contributed by atoms with Crippen molar-refractivity contribution < 1.29 is 13.2 Å². The number of pyridine rings is 1. The third-order valence-electron chi connectivity index (χ3n) is 7.04. The largest absolute Gasteiger partial charge is 0.339 e. The zero-order valence-electron chi connectivity index (χ0n) is 19.2. The Labute approximate surface area is 195 Å². The first-order valence-corrected chi connectivity index (χ1v) is 13.1. The van der Waals surface area contributed by atoms with Gasteiger partial charge < -0.3 is 4.90 Å². The summed E-state index contributed by atoms with van der Waals surface area (Å²) >= 11 is 0. The van der Waals surface area contributed by atoms with Crippen LogP contribution >= 0.6 is 0 Å². The second kappa shape index (κ2) is 8.57. The van der Waals surface area contributed by atoms with Gasteiger partial charge in [-0.2, -0.15) is 9.40 Å². The summed E-state index contributed by atoms with van der Waals surface area (Å²) in [5, 5.41) is 4.37. The number of piperidine rings is 1. The minimum Gasteiger partial charge on any atom is -0.339 e. The van der Waals surface area contributed by atoms with E-state index >= 15 is 0 Å². The van der Waals surface area contributed by atoms with Crippen LogP contribution in [-0.2, 0) is 10.0 Å². The lowest BCUT2D eigenvalue weighted by Gasteiger charge is -2.32. The van der Waals surface area contributed by atoms with Crippen molar-refractivity contribution in [1.29, 1.82) is 0 Å². The molecule has 7 nitrogen and oxygen atoms in total. The van der Waals surface area contributed by atoms with Crippen molar-refractivity contribution in [2.75, 3.05) is 26.2 Å². The lowest BCUT2D eigenvalue weighted by atomic mass is 9.90. The zero-order chi connectivity index (χ0) is 23.2. The van der Waals surface area contributed by atoms with Gasteiger partial charge >= 0.3 is 0 Å². The van der Waals surface area contributed by atoms with E-state index in [0.29, 0.717) is 23.5 Å². The zero-order valence-corrected chi connectivity index (χ0v) is 20.0. The molecule has 5 rings (SSSR count). The van der Waals surface area contributed by atoms with Crippen LogP contribution < -0.4 is 0 Å². The first-order chi connectivity index (χ1) is 15.8. The number of hydrogen-bond acceptors (Lipinski definition) is 4. The Bertz CT molecular complexity index is 1300. The van der Waals surface area contributed by atoms with Crippen molar-refractivity contribution in [3.05, 3.63) is 65.0 Å². The van der Waals surface area contributed by atoms with Crippen LogP contribution in [0.5, 0.6) is 0 Å². The molecule has 33 heavy (non-hydrogen) atoms. The number of nitrogens with zero attached hydrogens (tertiary/aromatic N) is 4. The molecule has 0 spiro atoms. The summed E-state index contributed by atoms with van der Waals surface area (Å²) in [4.78, 5) is 15.2. The van der Waals surface area contributed by atoms with E-state index in [1.54, 1.807) is 21.1 Å². The van der Waals surface area contributed by atoms with Crippen molar-refractivity contribution in [2.45, 2.75) is 50.3 Å². The molecule has 4 heterocycles. The normalized spacial score (nSPS) is 18.3. The highest BCUT2D eigenvalue weighted by atomic mass is 32.2. The number of carbonyl (C=O) groups is 1. The maximum absolute atomic E-state index is 13.2.